The van der Waals surface area contributed by atoms with Gasteiger partial charge in [0.1, 0.15) is 11.4 Å². The molecule has 8 nitrogen and oxygen atoms in total. The molecule has 0 saturated carbocycles. The molecule has 0 bridgehead atoms. The zero-order valence-electron chi connectivity index (χ0n) is 29.6. The van der Waals surface area contributed by atoms with Crippen LogP contribution in [0.5, 0.6) is 0 Å². The number of nitrogens with two attached hydrogens (primary N) is 2. The molecule has 0 radical (unpaired) electrons. The molecule has 0 spiro atoms. The third-order valence-corrected chi connectivity index (χ3v) is 9.27. The Kier molecular flexibility index (Phi) is 20.1. The molecule has 0 aliphatic carbocycles. The van der Waals surface area contributed by atoms with Crippen LogP contribution >= 0.6 is 0 Å². The van der Waals surface area contributed by atoms with Crippen LogP contribution in [0, 0.1) is 27.7 Å². The fraction of sp³-hybridized carbons (Fsp3) is 0.730. The van der Waals surface area contributed by atoms with Crippen molar-refractivity contribution in [3.63, 3.8) is 0 Å². The van der Waals surface area contributed by atoms with E-state index in [2.05, 4.69) is 13.8 Å². The molecule has 0 aliphatic rings. The number of nitrogens with zero attached hydrogens (tertiary/aromatic N) is 2. The van der Waals surface area contributed by atoms with Gasteiger partial charge < -0.3 is 21.9 Å². The molecule has 0 aromatic carbocycles. The third-order valence-electron chi connectivity index (χ3n) is 9.27. The van der Waals surface area contributed by atoms with E-state index in [0.717, 1.165) is 35.1 Å². The summed E-state index contributed by atoms with van der Waals surface area (Å²) in [5, 5.41) is 19.8. The Bertz CT molecular complexity index is 1250. The lowest BCUT2D eigenvalue weighted by atomic mass is 10.0. The molecule has 2 heterocycles. The van der Waals surface area contributed by atoms with Gasteiger partial charge in [-0.2, -0.15) is 9.46 Å². The summed E-state index contributed by atoms with van der Waals surface area (Å²) >= 11 is 0. The molecule has 2 aromatic rings. The van der Waals surface area contributed by atoms with E-state index in [9.17, 15) is 20.0 Å². The first-order valence-electron chi connectivity index (χ1n) is 17.9. The summed E-state index contributed by atoms with van der Waals surface area (Å²) in [5.41, 5.74) is 15.0. The van der Waals surface area contributed by atoms with Crippen molar-refractivity contribution < 1.29 is 10.4 Å². The quantitative estimate of drug-likeness (QED) is 0.0802. The number of unbranched alkanes of at least 4 members (excludes halogenated alkanes) is 17. The standard InChI is InChI=1S/C23H42N2O2.C14H24N2O2/c1-4-5-6-7-8-9-10-11-12-13-14-15-16-17-18-21-19(2)25(27)20(3)22(24)23(21)26;1-4-5-6-7-8-9-12-10(2)16(18)11(3)13(15)14(12)17/h27H,4-18,24H2,1-3H3;18H,4-9,15H2,1-3H3. The molecule has 2 rings (SSSR count). The maximum atomic E-state index is 12.3. The van der Waals surface area contributed by atoms with Gasteiger partial charge in [-0.3, -0.25) is 9.59 Å². The predicted molar refractivity (Wildman–Crippen MR) is 190 cm³/mol. The second-order valence-corrected chi connectivity index (χ2v) is 12.9. The second-order valence-electron chi connectivity index (χ2n) is 12.9. The largest absolute Gasteiger partial charge is 0.428 e. The zero-order valence-corrected chi connectivity index (χ0v) is 29.6. The van der Waals surface area contributed by atoms with Crippen molar-refractivity contribution in [1.29, 1.82) is 0 Å². The average Bonchev–Trinajstić information content (AvgIpc) is 3.04. The highest BCUT2D eigenvalue weighted by Gasteiger charge is 2.15. The number of pyridine rings is 2. The fourth-order valence-electron chi connectivity index (χ4n) is 5.96. The van der Waals surface area contributed by atoms with E-state index < -0.39 is 0 Å². The van der Waals surface area contributed by atoms with Crippen molar-refractivity contribution in [2.24, 2.45) is 0 Å². The van der Waals surface area contributed by atoms with E-state index in [1.165, 1.54) is 96.3 Å². The minimum Gasteiger partial charge on any atom is -0.428 e. The van der Waals surface area contributed by atoms with Crippen LogP contribution in [0.3, 0.4) is 0 Å². The second kappa shape index (κ2) is 22.6. The first-order chi connectivity index (χ1) is 21.5. The lowest BCUT2D eigenvalue weighted by Gasteiger charge is -2.13. The first-order valence-corrected chi connectivity index (χ1v) is 17.9. The first kappa shape index (κ1) is 40.1. The van der Waals surface area contributed by atoms with Crippen molar-refractivity contribution in [3.05, 3.63) is 54.3 Å². The maximum Gasteiger partial charge on any atom is 0.208 e. The Morgan fingerprint density at radius 2 is 0.689 bits per heavy atom. The Hall–Kier alpha value is -2.90. The van der Waals surface area contributed by atoms with Gasteiger partial charge in [-0.15, -0.1) is 0 Å². The highest BCUT2D eigenvalue weighted by atomic mass is 16.5. The van der Waals surface area contributed by atoms with Crippen molar-refractivity contribution >= 4 is 11.4 Å². The van der Waals surface area contributed by atoms with E-state index in [4.69, 9.17) is 11.5 Å². The summed E-state index contributed by atoms with van der Waals surface area (Å²) in [4.78, 5) is 24.3. The van der Waals surface area contributed by atoms with E-state index in [1.807, 2.05) is 0 Å². The molecular weight excluding hydrogens is 564 g/mol. The Morgan fingerprint density at radius 3 is 0.956 bits per heavy atom. The highest BCUT2D eigenvalue weighted by Crippen LogP contribution is 2.17. The zero-order chi connectivity index (χ0) is 33.8. The van der Waals surface area contributed by atoms with Gasteiger partial charge >= 0.3 is 0 Å². The minimum atomic E-state index is -0.120. The monoisotopic (exact) mass is 631 g/mol. The third kappa shape index (κ3) is 13.5. The van der Waals surface area contributed by atoms with Gasteiger partial charge in [-0.25, -0.2) is 0 Å². The molecule has 0 atom stereocenters. The molecule has 0 saturated heterocycles. The summed E-state index contributed by atoms with van der Waals surface area (Å²) in [6.45, 7) is 11.3. The van der Waals surface area contributed by atoms with Crippen LogP contribution in [0.2, 0.25) is 0 Å². The normalized spacial score (nSPS) is 11.1. The van der Waals surface area contributed by atoms with Gasteiger partial charge in [0, 0.05) is 11.1 Å². The van der Waals surface area contributed by atoms with Crippen LogP contribution in [-0.2, 0) is 12.8 Å². The molecule has 258 valence electrons. The van der Waals surface area contributed by atoms with Gasteiger partial charge in [-0.1, -0.05) is 123 Å². The fourth-order valence-corrected chi connectivity index (χ4v) is 5.96. The van der Waals surface area contributed by atoms with Gasteiger partial charge in [-0.05, 0) is 53.4 Å². The van der Waals surface area contributed by atoms with Gasteiger partial charge in [0.15, 0.2) is 0 Å². The smallest absolute Gasteiger partial charge is 0.208 e. The molecular formula is C37H66N4O4. The Labute approximate surface area is 273 Å². The summed E-state index contributed by atoms with van der Waals surface area (Å²) in [6, 6.07) is 0. The molecule has 45 heavy (non-hydrogen) atoms. The van der Waals surface area contributed by atoms with Crippen LogP contribution in [0.4, 0.5) is 11.4 Å². The molecule has 6 N–H and O–H groups in total. The van der Waals surface area contributed by atoms with Crippen molar-refractivity contribution in [2.45, 2.75) is 176 Å². The SMILES string of the molecule is CCCCCCCCCCCCCCCCc1c(C)n(O)c(C)c(N)c1=O.CCCCCCCc1c(C)n(O)c(C)c(N)c1=O. The molecule has 8 heteroatoms. The number of anilines is 2. The molecule has 0 unspecified atom stereocenters. The number of aromatic nitrogens is 2. The van der Waals surface area contributed by atoms with Crippen molar-refractivity contribution in [1.82, 2.24) is 9.46 Å². The van der Waals surface area contributed by atoms with Gasteiger partial charge in [0.25, 0.3) is 0 Å². The molecule has 0 fully saturated rings. The topological polar surface area (TPSA) is 136 Å². The average molecular weight is 631 g/mol. The number of hydrogen-bond donors (Lipinski definition) is 4. The molecule has 0 aliphatic heterocycles. The summed E-state index contributed by atoms with van der Waals surface area (Å²) in [6.07, 6.45) is 25.6. The highest BCUT2D eigenvalue weighted by molar-refractivity contribution is 5.47. The summed E-state index contributed by atoms with van der Waals surface area (Å²) < 4.78 is 2.08. The summed E-state index contributed by atoms with van der Waals surface area (Å²) in [7, 11) is 0. The minimum absolute atomic E-state index is 0.106. The van der Waals surface area contributed by atoms with Crippen LogP contribution in [0.25, 0.3) is 0 Å². The number of hydrogen-bond acceptors (Lipinski definition) is 6. The van der Waals surface area contributed by atoms with Crippen LogP contribution in [0.15, 0.2) is 9.59 Å². The maximum absolute atomic E-state index is 12.3. The predicted octanol–water partition coefficient (Wildman–Crippen LogP) is 9.11. The Morgan fingerprint density at radius 1 is 0.444 bits per heavy atom. The molecule has 2 aromatic heterocycles. The Balaban J connectivity index is 0.000000487. The lowest BCUT2D eigenvalue weighted by Crippen LogP contribution is -2.23. The van der Waals surface area contributed by atoms with Crippen molar-refractivity contribution in [3.8, 4) is 0 Å². The van der Waals surface area contributed by atoms with Crippen LogP contribution in [-0.4, -0.2) is 19.9 Å². The number of rotatable bonds is 21. The van der Waals surface area contributed by atoms with E-state index in [-0.39, 0.29) is 22.2 Å². The summed E-state index contributed by atoms with van der Waals surface area (Å²) in [5.74, 6) is 0. The van der Waals surface area contributed by atoms with E-state index in [0.29, 0.717) is 46.7 Å². The van der Waals surface area contributed by atoms with Gasteiger partial charge in [0.2, 0.25) is 10.9 Å². The molecule has 0 amide bonds. The number of nitrogen functional groups attached to an aromatic ring is 2. The van der Waals surface area contributed by atoms with Crippen molar-refractivity contribution in [2.75, 3.05) is 11.5 Å². The van der Waals surface area contributed by atoms with E-state index >= 15 is 0 Å². The van der Waals surface area contributed by atoms with Crippen LogP contribution < -0.4 is 22.3 Å². The lowest BCUT2D eigenvalue weighted by molar-refractivity contribution is 0.170. The van der Waals surface area contributed by atoms with Gasteiger partial charge in [0.05, 0.1) is 22.8 Å². The van der Waals surface area contributed by atoms with Crippen LogP contribution in [0.1, 0.15) is 170 Å². The van der Waals surface area contributed by atoms with E-state index in [1.54, 1.807) is 27.7 Å².